The Labute approximate surface area is 144 Å². The van der Waals surface area contributed by atoms with E-state index in [4.69, 9.17) is 4.74 Å². The fraction of sp³-hybridized carbons (Fsp3) is 0.462. The van der Waals surface area contributed by atoms with Crippen LogP contribution in [0.5, 0.6) is 0 Å². The maximum atomic E-state index is 11.8. The Morgan fingerprint density at radius 3 is 2.50 bits per heavy atom. The third kappa shape index (κ3) is 5.99. The van der Waals surface area contributed by atoms with Crippen LogP contribution in [0, 0.1) is 0 Å². The second-order valence-electron chi connectivity index (χ2n) is 5.11. The molecule has 24 heavy (non-hydrogen) atoms. The predicted octanol–water partition coefficient (Wildman–Crippen LogP) is -0.535. The minimum atomic E-state index is -1.24. The topological polar surface area (TPSA) is 139 Å². The molecular formula is C13H17BrN4O6. The molecule has 132 valence electrons. The van der Waals surface area contributed by atoms with Gasteiger partial charge in [-0.15, -0.1) is 0 Å². The van der Waals surface area contributed by atoms with Crippen LogP contribution >= 0.6 is 15.9 Å². The first-order chi connectivity index (χ1) is 11.1. The van der Waals surface area contributed by atoms with Crippen molar-refractivity contribution < 1.29 is 19.1 Å². The molecule has 0 saturated heterocycles. The Balaban J connectivity index is 2.63. The summed E-state index contributed by atoms with van der Waals surface area (Å²) in [5.41, 5.74) is -1.43. The summed E-state index contributed by atoms with van der Waals surface area (Å²) in [5.74, 6) is -1.69. The molecule has 1 atom stereocenters. The smallest absolute Gasteiger partial charge is 0.328 e. The molecule has 3 N–H and O–H groups in total. The number of nitrogens with one attached hydrogen (secondary N) is 3. The number of aromatic nitrogens is 2. The van der Waals surface area contributed by atoms with Gasteiger partial charge in [0.15, 0.2) is 6.10 Å². The van der Waals surface area contributed by atoms with Crippen LogP contribution in [0.3, 0.4) is 0 Å². The second kappa shape index (κ2) is 8.43. The van der Waals surface area contributed by atoms with Crippen molar-refractivity contribution in [1.29, 1.82) is 0 Å². The summed E-state index contributed by atoms with van der Waals surface area (Å²) in [4.78, 5) is 59.6. The highest BCUT2D eigenvalue weighted by Crippen LogP contribution is 1.99. The van der Waals surface area contributed by atoms with Crippen LogP contribution in [0.25, 0.3) is 0 Å². The quantitative estimate of drug-likeness (QED) is 0.563. The first-order valence-electron chi connectivity index (χ1n) is 6.90. The van der Waals surface area contributed by atoms with E-state index >= 15 is 0 Å². The number of amides is 3. The van der Waals surface area contributed by atoms with Crippen molar-refractivity contribution in [3.8, 4) is 0 Å². The monoisotopic (exact) mass is 404 g/mol. The number of hydrogen-bond donors (Lipinski definition) is 3. The zero-order valence-corrected chi connectivity index (χ0v) is 14.8. The lowest BCUT2D eigenvalue weighted by atomic mass is 10.3. The lowest BCUT2D eigenvalue weighted by Gasteiger charge is -2.14. The molecule has 0 saturated carbocycles. The van der Waals surface area contributed by atoms with E-state index in [0.29, 0.717) is 0 Å². The first kappa shape index (κ1) is 19.6. The van der Waals surface area contributed by atoms with Crippen LogP contribution in [0.2, 0.25) is 0 Å². The van der Waals surface area contributed by atoms with E-state index in [-0.39, 0.29) is 10.5 Å². The third-order valence-electron chi connectivity index (χ3n) is 2.60. The molecule has 0 spiro atoms. The Morgan fingerprint density at radius 1 is 1.29 bits per heavy atom. The first-order valence-corrected chi connectivity index (χ1v) is 7.69. The summed E-state index contributed by atoms with van der Waals surface area (Å²) in [5, 5.41) is 4.46. The molecule has 0 fully saturated rings. The molecule has 0 aliphatic carbocycles. The van der Waals surface area contributed by atoms with Crippen LogP contribution in [0.1, 0.15) is 20.8 Å². The number of rotatable bonds is 5. The van der Waals surface area contributed by atoms with Crippen molar-refractivity contribution in [2.45, 2.75) is 39.5 Å². The summed E-state index contributed by atoms with van der Waals surface area (Å²) in [6.07, 6.45) is -0.110. The van der Waals surface area contributed by atoms with Gasteiger partial charge in [-0.25, -0.2) is 9.59 Å². The van der Waals surface area contributed by atoms with Gasteiger partial charge in [-0.1, -0.05) is 0 Å². The van der Waals surface area contributed by atoms with E-state index < -0.39 is 41.8 Å². The molecule has 10 nitrogen and oxygen atoms in total. The van der Waals surface area contributed by atoms with E-state index in [1.165, 1.54) is 6.92 Å². The number of urea groups is 1. The highest BCUT2D eigenvalue weighted by molar-refractivity contribution is 9.10. The number of imide groups is 1. The van der Waals surface area contributed by atoms with Crippen molar-refractivity contribution >= 4 is 33.8 Å². The third-order valence-corrected chi connectivity index (χ3v) is 3.17. The molecule has 0 aliphatic heterocycles. The number of H-pyrrole nitrogens is 1. The molecule has 1 aromatic heterocycles. The minimum absolute atomic E-state index is 0.0612. The van der Waals surface area contributed by atoms with E-state index in [0.717, 1.165) is 10.8 Å². The zero-order valence-electron chi connectivity index (χ0n) is 13.2. The average molecular weight is 405 g/mol. The van der Waals surface area contributed by atoms with Crippen molar-refractivity contribution in [3.63, 3.8) is 0 Å². The van der Waals surface area contributed by atoms with E-state index in [2.05, 4.69) is 21.2 Å². The summed E-state index contributed by atoms with van der Waals surface area (Å²) in [6.45, 7) is 4.20. The number of carbonyl (C=O) groups is 3. The lowest BCUT2D eigenvalue weighted by Crippen LogP contribution is -2.46. The number of ether oxygens (including phenoxy) is 1. The summed E-state index contributed by atoms with van der Waals surface area (Å²) >= 11 is 2.93. The Morgan fingerprint density at radius 2 is 1.92 bits per heavy atom. The van der Waals surface area contributed by atoms with Crippen molar-refractivity contribution in [2.75, 3.05) is 0 Å². The van der Waals surface area contributed by atoms with E-state index in [1.54, 1.807) is 13.8 Å². The molecule has 1 rings (SSSR count). The van der Waals surface area contributed by atoms with Gasteiger partial charge >= 0.3 is 17.7 Å². The number of aromatic amines is 1. The van der Waals surface area contributed by atoms with Crippen molar-refractivity contribution in [3.05, 3.63) is 31.5 Å². The van der Waals surface area contributed by atoms with Crippen LogP contribution in [0.15, 0.2) is 20.3 Å². The van der Waals surface area contributed by atoms with Gasteiger partial charge < -0.3 is 10.1 Å². The van der Waals surface area contributed by atoms with Crippen molar-refractivity contribution in [2.24, 2.45) is 0 Å². The minimum Gasteiger partial charge on any atom is -0.451 e. The molecule has 11 heteroatoms. The van der Waals surface area contributed by atoms with Crippen LogP contribution in [-0.2, 0) is 20.9 Å². The molecule has 3 amide bonds. The number of halogens is 1. The average Bonchev–Trinajstić information content (AvgIpc) is 2.43. The van der Waals surface area contributed by atoms with Crippen LogP contribution in [0.4, 0.5) is 4.79 Å². The van der Waals surface area contributed by atoms with Gasteiger partial charge in [0.25, 0.3) is 11.5 Å². The van der Waals surface area contributed by atoms with Gasteiger partial charge in [-0.3, -0.25) is 29.3 Å². The molecule has 1 heterocycles. The molecule has 0 aromatic carbocycles. The Hall–Kier alpha value is -2.43. The SMILES string of the molecule is CC(C)NC(=O)NC(=O)C(C)OC(=O)Cn1cc(Br)c(=O)[nH]c1=O. The van der Waals surface area contributed by atoms with Crippen LogP contribution < -0.4 is 21.9 Å². The fourth-order valence-electron chi connectivity index (χ4n) is 1.54. The summed E-state index contributed by atoms with van der Waals surface area (Å²) in [7, 11) is 0. The number of carbonyl (C=O) groups excluding carboxylic acids is 3. The van der Waals surface area contributed by atoms with Gasteiger partial charge in [0.1, 0.15) is 6.54 Å². The van der Waals surface area contributed by atoms with Crippen LogP contribution in [-0.4, -0.2) is 39.6 Å². The lowest BCUT2D eigenvalue weighted by molar-refractivity contribution is -0.155. The maximum Gasteiger partial charge on any atom is 0.328 e. The fourth-order valence-corrected chi connectivity index (χ4v) is 1.89. The van der Waals surface area contributed by atoms with E-state index in [9.17, 15) is 24.0 Å². The van der Waals surface area contributed by atoms with Gasteiger partial charge in [-0.05, 0) is 36.7 Å². The highest BCUT2D eigenvalue weighted by Gasteiger charge is 2.20. The van der Waals surface area contributed by atoms with E-state index in [1.807, 2.05) is 10.3 Å². The highest BCUT2D eigenvalue weighted by atomic mass is 79.9. The summed E-state index contributed by atoms with van der Waals surface area (Å²) < 4.78 is 5.82. The number of nitrogens with zero attached hydrogens (tertiary/aromatic N) is 1. The Bertz CT molecular complexity index is 754. The maximum absolute atomic E-state index is 11.8. The number of esters is 1. The standard InChI is InChI=1S/C13H17BrN4O6/c1-6(2)15-12(22)16-10(20)7(3)24-9(19)5-18-4-8(14)11(21)17-13(18)23/h4,6-7H,5H2,1-3H3,(H,17,21,23)(H2,15,16,20,22). The molecular weight excluding hydrogens is 388 g/mol. The normalized spacial score (nSPS) is 11.7. The number of hydrogen-bond acceptors (Lipinski definition) is 6. The van der Waals surface area contributed by atoms with Crippen molar-refractivity contribution in [1.82, 2.24) is 20.2 Å². The molecule has 0 aliphatic rings. The summed E-state index contributed by atoms with van der Waals surface area (Å²) in [6, 6.07) is -0.875. The molecule has 1 unspecified atom stereocenters. The van der Waals surface area contributed by atoms with Gasteiger partial charge in [0.2, 0.25) is 0 Å². The molecule has 0 radical (unpaired) electrons. The Kier molecular flexibility index (Phi) is 6.89. The molecule has 1 aromatic rings. The zero-order chi connectivity index (χ0) is 18.4. The largest absolute Gasteiger partial charge is 0.451 e. The van der Waals surface area contributed by atoms with Gasteiger partial charge in [0, 0.05) is 12.2 Å². The second-order valence-corrected chi connectivity index (χ2v) is 5.97. The molecule has 0 bridgehead atoms. The predicted molar refractivity (Wildman–Crippen MR) is 86.4 cm³/mol. The van der Waals surface area contributed by atoms with Gasteiger partial charge in [0.05, 0.1) is 4.47 Å². The van der Waals surface area contributed by atoms with Gasteiger partial charge in [-0.2, -0.15) is 0 Å².